The van der Waals surface area contributed by atoms with Crippen molar-refractivity contribution in [2.45, 2.75) is 12.7 Å². The number of fused-ring (bicyclic) bond motifs is 1. The highest BCUT2D eigenvalue weighted by Crippen LogP contribution is 2.30. The molecule has 0 unspecified atom stereocenters. The monoisotopic (exact) mass is 335 g/mol. The molecule has 0 saturated carbocycles. The summed E-state index contributed by atoms with van der Waals surface area (Å²) < 4.78 is 43.4. The average Bonchev–Trinajstić information content (AvgIpc) is 2.62. The summed E-state index contributed by atoms with van der Waals surface area (Å²) >= 11 is 3.19. The van der Waals surface area contributed by atoms with Crippen LogP contribution in [0.5, 0.6) is 0 Å². The molecule has 0 amide bonds. The predicted octanol–water partition coefficient (Wildman–Crippen LogP) is 3.75. The minimum Gasteiger partial charge on any atom is -0.465 e. The van der Waals surface area contributed by atoms with Crippen LogP contribution in [0.1, 0.15) is 10.4 Å². The van der Waals surface area contributed by atoms with E-state index in [9.17, 15) is 18.0 Å². The van der Waals surface area contributed by atoms with Gasteiger partial charge in [-0.3, -0.25) is 0 Å². The number of methoxy groups -OCH3 is 1. The van der Waals surface area contributed by atoms with E-state index in [0.29, 0.717) is 20.9 Å². The van der Waals surface area contributed by atoms with Gasteiger partial charge in [0.25, 0.3) is 0 Å². The molecule has 102 valence electrons. The Morgan fingerprint density at radius 2 is 2.11 bits per heavy atom. The number of nitrogens with zero attached hydrogens (tertiary/aromatic N) is 1. The van der Waals surface area contributed by atoms with Gasteiger partial charge in [0.1, 0.15) is 6.54 Å². The Hall–Kier alpha value is -1.50. The van der Waals surface area contributed by atoms with Crippen molar-refractivity contribution in [3.05, 3.63) is 34.4 Å². The smallest absolute Gasteiger partial charge is 0.406 e. The van der Waals surface area contributed by atoms with Crippen molar-refractivity contribution in [3.8, 4) is 0 Å². The molecule has 0 bridgehead atoms. The number of alkyl halides is 3. The first kappa shape index (κ1) is 13.9. The molecule has 0 atom stereocenters. The molecule has 1 aromatic carbocycles. The molecule has 19 heavy (non-hydrogen) atoms. The van der Waals surface area contributed by atoms with Gasteiger partial charge in [-0.15, -0.1) is 0 Å². The number of hydrogen-bond acceptors (Lipinski definition) is 2. The number of esters is 1. The summed E-state index contributed by atoms with van der Waals surface area (Å²) in [7, 11) is 1.25. The molecule has 0 aliphatic carbocycles. The van der Waals surface area contributed by atoms with Gasteiger partial charge in [-0.25, -0.2) is 4.79 Å². The van der Waals surface area contributed by atoms with Gasteiger partial charge in [-0.2, -0.15) is 13.2 Å². The largest absolute Gasteiger partial charge is 0.465 e. The first-order valence-corrected chi connectivity index (χ1v) is 6.04. The molecule has 0 N–H and O–H groups in total. The van der Waals surface area contributed by atoms with Gasteiger partial charge in [0, 0.05) is 21.6 Å². The minimum absolute atomic E-state index is 0.292. The van der Waals surface area contributed by atoms with Gasteiger partial charge >= 0.3 is 12.1 Å². The lowest BCUT2D eigenvalue weighted by molar-refractivity contribution is -0.139. The van der Waals surface area contributed by atoms with Crippen molar-refractivity contribution < 1.29 is 22.7 Å². The Bertz CT molecular complexity index is 634. The fourth-order valence-electron chi connectivity index (χ4n) is 1.82. The van der Waals surface area contributed by atoms with Gasteiger partial charge < -0.3 is 9.30 Å². The summed E-state index contributed by atoms with van der Waals surface area (Å²) in [6, 6.07) is 4.41. The van der Waals surface area contributed by atoms with E-state index in [0.717, 1.165) is 4.57 Å². The topological polar surface area (TPSA) is 31.2 Å². The maximum absolute atomic E-state index is 12.4. The Morgan fingerprint density at radius 3 is 2.68 bits per heavy atom. The SMILES string of the molecule is COC(=O)c1ccc2c(c1)c(Br)cn2CC(F)(F)F. The molecule has 0 radical (unpaired) electrons. The van der Waals surface area contributed by atoms with E-state index in [4.69, 9.17) is 0 Å². The maximum atomic E-state index is 12.4. The van der Waals surface area contributed by atoms with E-state index < -0.39 is 18.7 Å². The van der Waals surface area contributed by atoms with Gasteiger partial charge in [-0.05, 0) is 34.1 Å². The van der Waals surface area contributed by atoms with Gasteiger partial charge in [0.15, 0.2) is 0 Å². The van der Waals surface area contributed by atoms with Crippen LogP contribution in [-0.2, 0) is 11.3 Å². The van der Waals surface area contributed by atoms with E-state index in [1.165, 1.54) is 31.5 Å². The Labute approximate surface area is 115 Å². The molecule has 2 aromatic rings. The molecule has 0 aliphatic heterocycles. The average molecular weight is 336 g/mol. The summed E-state index contributed by atoms with van der Waals surface area (Å²) in [5, 5.41) is 0.534. The van der Waals surface area contributed by atoms with Crippen LogP contribution in [0.25, 0.3) is 10.9 Å². The number of benzene rings is 1. The number of aromatic nitrogens is 1. The molecular formula is C12H9BrF3NO2. The third-order valence-electron chi connectivity index (χ3n) is 2.60. The van der Waals surface area contributed by atoms with Crippen molar-refractivity contribution >= 4 is 32.8 Å². The highest BCUT2D eigenvalue weighted by Gasteiger charge is 2.28. The van der Waals surface area contributed by atoms with Crippen molar-refractivity contribution in [1.82, 2.24) is 4.57 Å². The summed E-state index contributed by atoms with van der Waals surface area (Å²) in [6.07, 6.45) is -2.95. The second-order valence-electron chi connectivity index (χ2n) is 3.94. The molecule has 0 spiro atoms. The highest BCUT2D eigenvalue weighted by molar-refractivity contribution is 9.10. The van der Waals surface area contributed by atoms with Gasteiger partial charge in [-0.1, -0.05) is 0 Å². The number of rotatable bonds is 2. The van der Waals surface area contributed by atoms with Crippen LogP contribution < -0.4 is 0 Å². The fraction of sp³-hybridized carbons (Fsp3) is 0.250. The molecule has 3 nitrogen and oxygen atoms in total. The highest BCUT2D eigenvalue weighted by atomic mass is 79.9. The van der Waals surface area contributed by atoms with Crippen LogP contribution >= 0.6 is 15.9 Å². The van der Waals surface area contributed by atoms with Crippen LogP contribution in [0, 0.1) is 0 Å². The number of ether oxygens (including phenoxy) is 1. The zero-order valence-corrected chi connectivity index (χ0v) is 11.4. The van der Waals surface area contributed by atoms with Gasteiger partial charge in [0.2, 0.25) is 0 Å². The van der Waals surface area contributed by atoms with E-state index in [2.05, 4.69) is 20.7 Å². The summed E-state index contributed by atoms with van der Waals surface area (Å²) in [6.45, 7) is -1.08. The number of halogens is 4. The molecule has 1 heterocycles. The Kier molecular flexibility index (Phi) is 3.58. The zero-order valence-electron chi connectivity index (χ0n) is 9.79. The fourth-order valence-corrected chi connectivity index (χ4v) is 2.39. The number of hydrogen-bond donors (Lipinski definition) is 0. The zero-order chi connectivity index (χ0) is 14.2. The molecule has 2 rings (SSSR count). The molecule has 0 saturated heterocycles. The van der Waals surface area contributed by atoms with Crippen molar-refractivity contribution in [3.63, 3.8) is 0 Å². The first-order valence-electron chi connectivity index (χ1n) is 5.25. The second-order valence-corrected chi connectivity index (χ2v) is 4.80. The quantitative estimate of drug-likeness (QED) is 0.782. The summed E-state index contributed by atoms with van der Waals surface area (Å²) in [5.41, 5.74) is 0.692. The van der Waals surface area contributed by atoms with E-state index in [1.807, 2.05) is 0 Å². The normalized spacial score (nSPS) is 11.8. The Morgan fingerprint density at radius 1 is 1.42 bits per heavy atom. The van der Waals surface area contributed by atoms with Crippen LogP contribution in [0.4, 0.5) is 13.2 Å². The number of carbonyl (C=O) groups excluding carboxylic acids is 1. The lowest BCUT2D eigenvalue weighted by Crippen LogP contribution is -2.16. The van der Waals surface area contributed by atoms with Crippen LogP contribution in [0.3, 0.4) is 0 Å². The van der Waals surface area contributed by atoms with Crippen molar-refractivity contribution in [2.75, 3.05) is 7.11 Å². The van der Waals surface area contributed by atoms with E-state index in [1.54, 1.807) is 0 Å². The van der Waals surface area contributed by atoms with Crippen molar-refractivity contribution in [1.29, 1.82) is 0 Å². The van der Waals surface area contributed by atoms with Gasteiger partial charge in [0.05, 0.1) is 12.7 Å². The molecule has 0 fully saturated rings. The standard InChI is InChI=1S/C12H9BrF3NO2/c1-19-11(18)7-2-3-10-8(4-7)9(13)5-17(10)6-12(14,15)16/h2-5H,6H2,1H3. The molecular weight excluding hydrogens is 327 g/mol. The summed E-state index contributed by atoms with van der Waals surface area (Å²) in [4.78, 5) is 11.4. The lowest BCUT2D eigenvalue weighted by atomic mass is 10.1. The molecule has 7 heteroatoms. The van der Waals surface area contributed by atoms with Crippen LogP contribution in [-0.4, -0.2) is 23.8 Å². The lowest BCUT2D eigenvalue weighted by Gasteiger charge is -2.09. The first-order chi connectivity index (χ1) is 8.81. The third-order valence-corrected chi connectivity index (χ3v) is 3.24. The third kappa shape index (κ3) is 2.91. The van der Waals surface area contributed by atoms with Crippen LogP contribution in [0.2, 0.25) is 0 Å². The summed E-state index contributed by atoms with van der Waals surface area (Å²) in [5.74, 6) is -0.530. The molecule has 1 aromatic heterocycles. The second kappa shape index (κ2) is 4.88. The maximum Gasteiger partial charge on any atom is 0.406 e. The van der Waals surface area contributed by atoms with Crippen molar-refractivity contribution in [2.24, 2.45) is 0 Å². The molecule has 0 aliphatic rings. The number of carbonyl (C=O) groups is 1. The minimum atomic E-state index is -4.30. The predicted molar refractivity (Wildman–Crippen MR) is 67.0 cm³/mol. The van der Waals surface area contributed by atoms with Crippen LogP contribution in [0.15, 0.2) is 28.9 Å². The van der Waals surface area contributed by atoms with E-state index >= 15 is 0 Å². The van der Waals surface area contributed by atoms with E-state index in [-0.39, 0.29) is 0 Å². The Balaban J connectivity index is 2.51.